The summed E-state index contributed by atoms with van der Waals surface area (Å²) >= 11 is 0. The van der Waals surface area contributed by atoms with Crippen molar-refractivity contribution in [1.29, 1.82) is 0 Å². The molecular formula is C25H24B2F4O4. The van der Waals surface area contributed by atoms with Crippen LogP contribution in [0.1, 0.15) is 70.5 Å². The van der Waals surface area contributed by atoms with Gasteiger partial charge in [-0.2, -0.15) is 0 Å². The maximum absolute atomic E-state index is 14.0. The van der Waals surface area contributed by atoms with Crippen LogP contribution in [-0.4, -0.2) is 25.8 Å². The summed E-state index contributed by atoms with van der Waals surface area (Å²) in [5.74, 6) is 0.561. The van der Waals surface area contributed by atoms with E-state index in [1.807, 2.05) is 38.1 Å². The van der Waals surface area contributed by atoms with Gasteiger partial charge in [0.25, 0.3) is 11.6 Å². The smallest absolute Gasteiger partial charge is 0.572 e. The van der Waals surface area contributed by atoms with Crippen LogP contribution in [0.25, 0.3) is 11.1 Å². The summed E-state index contributed by atoms with van der Waals surface area (Å²) in [6.07, 6.45) is 5.69. The van der Waals surface area contributed by atoms with Crippen molar-refractivity contribution in [2.24, 2.45) is 0 Å². The highest BCUT2D eigenvalue weighted by atomic mass is 19.3. The van der Waals surface area contributed by atoms with Crippen LogP contribution in [0.3, 0.4) is 0 Å². The molecule has 0 bridgehead atoms. The first kappa shape index (κ1) is 23.5. The Morgan fingerprint density at radius 3 is 1.54 bits per heavy atom. The number of halogens is 4. The van der Waals surface area contributed by atoms with Gasteiger partial charge >= 0.3 is 14.2 Å². The first-order valence-electron chi connectivity index (χ1n) is 11.8. The molecule has 0 atom stereocenters. The highest BCUT2D eigenvalue weighted by Crippen LogP contribution is 2.39. The lowest BCUT2D eigenvalue weighted by Crippen LogP contribution is -2.31. The molecule has 3 aliphatic rings. The molecule has 0 aromatic heterocycles. The highest BCUT2D eigenvalue weighted by Gasteiger charge is 2.53. The van der Waals surface area contributed by atoms with Crippen LogP contribution in [-0.2, 0) is 15.7 Å². The maximum atomic E-state index is 14.0. The second-order valence-electron chi connectivity index (χ2n) is 8.91. The zero-order chi connectivity index (χ0) is 24.8. The molecule has 10 heteroatoms. The minimum absolute atomic E-state index is 0.0772. The molecule has 2 aromatic carbocycles. The third-order valence-electron chi connectivity index (χ3n) is 6.13. The summed E-state index contributed by atoms with van der Waals surface area (Å²) in [6.45, 7) is 3.77. The van der Waals surface area contributed by atoms with Crippen LogP contribution in [0.5, 0.6) is 0 Å². The Kier molecular flexibility index (Phi) is 5.85. The van der Waals surface area contributed by atoms with Gasteiger partial charge in [-0.25, -0.2) is 0 Å². The number of fused-ring (bicyclic) bond motifs is 3. The average Bonchev–Trinajstić information content (AvgIpc) is 3.14. The van der Waals surface area contributed by atoms with Gasteiger partial charge in [0.05, 0.1) is 34.8 Å². The van der Waals surface area contributed by atoms with E-state index in [0.717, 1.165) is 22.3 Å². The van der Waals surface area contributed by atoms with Gasteiger partial charge < -0.3 is 35.3 Å². The third kappa shape index (κ3) is 4.79. The fraction of sp³-hybridized carbons (Fsp3) is 0.280. The van der Waals surface area contributed by atoms with Gasteiger partial charge in [0.2, 0.25) is 0 Å². The number of allylic oxidation sites excluding steroid dienone is 4. The summed E-state index contributed by atoms with van der Waals surface area (Å²) < 4.78 is 75.2. The van der Waals surface area contributed by atoms with Crippen molar-refractivity contribution in [3.05, 3.63) is 82.3 Å². The average molecular weight is 486 g/mol. The fourth-order valence-electron chi connectivity index (χ4n) is 4.70. The van der Waals surface area contributed by atoms with Crippen LogP contribution in [0, 0.1) is 0 Å². The van der Waals surface area contributed by atoms with E-state index in [1.54, 1.807) is 12.1 Å². The summed E-state index contributed by atoms with van der Waals surface area (Å²) in [5, 5.41) is 0. The van der Waals surface area contributed by atoms with Gasteiger partial charge in [-0.1, -0.05) is 26.0 Å². The lowest BCUT2D eigenvalue weighted by molar-refractivity contribution is -0.191. The maximum Gasteiger partial charge on any atom is 0.994 e. The Balaban J connectivity index is 1.46. The Morgan fingerprint density at radius 1 is 0.714 bits per heavy atom. The Morgan fingerprint density at radius 2 is 1.14 bits per heavy atom. The SMILES string of the molecule is CCCC1=CC(c2ccc3c(c2)Cc2cc(C4=[O+][B-](F)(F)OC(CCC)=C4)ccc2-3)=[O+][B-](F)(F)O1. The number of rotatable bonds is 6. The van der Waals surface area contributed by atoms with Gasteiger partial charge in [-0.15, -0.1) is 0 Å². The van der Waals surface area contributed by atoms with Gasteiger partial charge in [0.15, 0.2) is 0 Å². The fourth-order valence-corrected chi connectivity index (χ4v) is 4.70. The molecule has 35 heavy (non-hydrogen) atoms. The summed E-state index contributed by atoms with van der Waals surface area (Å²) in [5.41, 5.74) is 4.88. The minimum atomic E-state index is -4.42. The lowest BCUT2D eigenvalue weighted by Gasteiger charge is -2.19. The van der Waals surface area contributed by atoms with E-state index in [9.17, 15) is 17.3 Å². The van der Waals surface area contributed by atoms with E-state index in [-0.39, 0.29) is 23.1 Å². The van der Waals surface area contributed by atoms with Crippen LogP contribution < -0.4 is 0 Å². The molecule has 4 nitrogen and oxygen atoms in total. The number of benzene rings is 2. The predicted octanol–water partition coefficient (Wildman–Crippen LogP) is 6.87. The zero-order valence-electron chi connectivity index (χ0n) is 19.5. The second kappa shape index (κ2) is 8.73. The quantitative estimate of drug-likeness (QED) is 0.217. The third-order valence-corrected chi connectivity index (χ3v) is 6.13. The first-order chi connectivity index (χ1) is 16.7. The molecule has 0 N–H and O–H groups in total. The number of hydrogen-bond donors (Lipinski definition) is 0. The van der Waals surface area contributed by atoms with Crippen molar-refractivity contribution in [1.82, 2.24) is 0 Å². The summed E-state index contributed by atoms with van der Waals surface area (Å²) in [4.78, 5) is 0. The Hall–Kier alpha value is -3.29. The minimum Gasteiger partial charge on any atom is -0.572 e. The van der Waals surface area contributed by atoms with E-state index in [2.05, 4.69) is 9.31 Å². The normalized spacial score (nSPS) is 19.4. The van der Waals surface area contributed by atoms with E-state index in [4.69, 9.17) is 8.68 Å². The summed E-state index contributed by atoms with van der Waals surface area (Å²) in [6, 6.07) is 10.9. The van der Waals surface area contributed by atoms with E-state index in [0.29, 0.717) is 43.2 Å². The molecule has 182 valence electrons. The summed E-state index contributed by atoms with van der Waals surface area (Å²) in [7, 11) is -8.84. The highest BCUT2D eigenvalue weighted by molar-refractivity contribution is 6.51. The predicted molar refractivity (Wildman–Crippen MR) is 127 cm³/mol. The molecule has 5 rings (SSSR count). The molecule has 2 aromatic rings. The van der Waals surface area contributed by atoms with Crippen LogP contribution in [0.2, 0.25) is 0 Å². The van der Waals surface area contributed by atoms with Crippen LogP contribution in [0.4, 0.5) is 17.3 Å². The molecule has 0 fully saturated rings. The molecule has 0 unspecified atom stereocenters. The first-order valence-corrected chi connectivity index (χ1v) is 11.8. The molecular weight excluding hydrogens is 462 g/mol. The standard InChI is InChI=1S/C25H24B2F4O4/c1-3-5-20-14-24(34-26(28,29)32-20)16-7-9-22-18(11-16)13-19-12-17(8-10-23(19)22)25-15-21(6-4-2)33-27(30,31)35-25/h7-12,14-15H,3-6,13H2,1-2H3. The lowest BCUT2D eigenvalue weighted by atomic mass is 9.98. The molecule has 0 saturated heterocycles. The van der Waals surface area contributed by atoms with Crippen molar-refractivity contribution in [2.75, 3.05) is 0 Å². The van der Waals surface area contributed by atoms with E-state index >= 15 is 0 Å². The van der Waals surface area contributed by atoms with Crippen LogP contribution in [0.15, 0.2) is 60.1 Å². The van der Waals surface area contributed by atoms with Crippen molar-refractivity contribution in [3.8, 4) is 11.1 Å². The Bertz CT molecular complexity index is 1220. The van der Waals surface area contributed by atoms with Gasteiger partial charge in [-0.05, 0) is 65.8 Å². The van der Waals surface area contributed by atoms with E-state index < -0.39 is 14.2 Å². The largest absolute Gasteiger partial charge is 0.994 e. The Labute approximate surface area is 200 Å². The molecule has 0 radical (unpaired) electrons. The van der Waals surface area contributed by atoms with E-state index in [1.165, 1.54) is 12.2 Å². The van der Waals surface area contributed by atoms with Crippen molar-refractivity contribution in [3.63, 3.8) is 0 Å². The van der Waals surface area contributed by atoms with Crippen molar-refractivity contribution < 1.29 is 35.3 Å². The molecule has 0 spiro atoms. The molecule has 0 saturated carbocycles. The van der Waals surface area contributed by atoms with Gasteiger partial charge in [0.1, 0.15) is 0 Å². The number of carbonyl (C=O) groups excluding carboxylic acids is 2. The van der Waals surface area contributed by atoms with Crippen molar-refractivity contribution in [2.45, 2.75) is 46.0 Å². The number of ketones is 2. The molecule has 2 aliphatic heterocycles. The molecule has 0 amide bonds. The zero-order valence-corrected chi connectivity index (χ0v) is 19.5. The van der Waals surface area contributed by atoms with Crippen LogP contribution >= 0.6 is 0 Å². The second-order valence-corrected chi connectivity index (χ2v) is 8.91. The monoisotopic (exact) mass is 486 g/mol. The van der Waals surface area contributed by atoms with Gasteiger partial charge in [-0.3, -0.25) is 0 Å². The van der Waals surface area contributed by atoms with Gasteiger partial charge in [0, 0.05) is 12.8 Å². The van der Waals surface area contributed by atoms with Crippen molar-refractivity contribution >= 4 is 25.8 Å². The molecule has 1 aliphatic carbocycles. The molecule has 2 heterocycles. The number of hydrogen-bond acceptors (Lipinski definition) is 2. The topological polar surface area (TPSA) is 41.1 Å².